The van der Waals surface area contributed by atoms with Crippen molar-refractivity contribution >= 4 is 5.69 Å². The number of ether oxygens (including phenoxy) is 1. The van der Waals surface area contributed by atoms with Gasteiger partial charge in [0.2, 0.25) is 0 Å². The summed E-state index contributed by atoms with van der Waals surface area (Å²) in [4.78, 5) is 0. The Balaban J connectivity index is 2.49. The molecule has 0 aromatic heterocycles. The summed E-state index contributed by atoms with van der Waals surface area (Å²) in [5.74, 6) is 1.67. The molecule has 0 unspecified atom stereocenters. The molecule has 1 rings (SSSR count). The number of anilines is 1. The molecule has 0 atom stereocenters. The van der Waals surface area contributed by atoms with Gasteiger partial charge in [0.15, 0.2) is 0 Å². The van der Waals surface area contributed by atoms with Crippen LogP contribution < -0.4 is 10.1 Å². The molecule has 0 bridgehead atoms. The molecule has 84 valence electrons. The lowest BCUT2D eigenvalue weighted by atomic mass is 10.0. The first-order chi connectivity index (χ1) is 7.30. The number of hydrogen-bond donors (Lipinski definition) is 1. The molecule has 15 heavy (non-hydrogen) atoms. The summed E-state index contributed by atoms with van der Waals surface area (Å²) < 4.78 is 5.17. The lowest BCUT2D eigenvalue weighted by Crippen LogP contribution is -2.12. The van der Waals surface area contributed by atoms with Crippen molar-refractivity contribution < 1.29 is 4.74 Å². The van der Waals surface area contributed by atoms with Crippen LogP contribution in [0.5, 0.6) is 5.75 Å². The average Bonchev–Trinajstić information content (AvgIpc) is 2.31. The number of rotatable bonds is 6. The first-order valence-electron chi connectivity index (χ1n) is 5.68. The van der Waals surface area contributed by atoms with E-state index >= 15 is 0 Å². The van der Waals surface area contributed by atoms with Crippen molar-refractivity contribution in [2.24, 2.45) is 5.92 Å². The van der Waals surface area contributed by atoms with Crippen molar-refractivity contribution in [1.82, 2.24) is 0 Å². The summed E-state index contributed by atoms with van der Waals surface area (Å²) in [6.07, 6.45) is 2.46. The van der Waals surface area contributed by atoms with Gasteiger partial charge in [0, 0.05) is 18.3 Å². The van der Waals surface area contributed by atoms with Gasteiger partial charge in [-0.25, -0.2) is 0 Å². The van der Waals surface area contributed by atoms with Crippen LogP contribution in [0.1, 0.15) is 26.7 Å². The molecule has 1 aromatic rings. The van der Waals surface area contributed by atoms with Crippen LogP contribution in [0.15, 0.2) is 24.3 Å². The van der Waals surface area contributed by atoms with Gasteiger partial charge in [-0.3, -0.25) is 0 Å². The van der Waals surface area contributed by atoms with Gasteiger partial charge in [0.25, 0.3) is 0 Å². The van der Waals surface area contributed by atoms with Gasteiger partial charge < -0.3 is 10.1 Å². The third kappa shape index (κ3) is 3.82. The quantitative estimate of drug-likeness (QED) is 0.770. The molecular formula is C13H21NO. The van der Waals surface area contributed by atoms with E-state index in [9.17, 15) is 0 Å². The molecular weight excluding hydrogens is 186 g/mol. The van der Waals surface area contributed by atoms with Crippen molar-refractivity contribution in [2.45, 2.75) is 26.7 Å². The minimum Gasteiger partial charge on any atom is -0.497 e. The number of nitrogens with one attached hydrogen (secondary N) is 1. The molecule has 0 spiro atoms. The zero-order valence-corrected chi connectivity index (χ0v) is 9.92. The Morgan fingerprint density at radius 1 is 1.27 bits per heavy atom. The second kappa shape index (κ2) is 6.33. The van der Waals surface area contributed by atoms with E-state index in [1.807, 2.05) is 18.2 Å². The fourth-order valence-electron chi connectivity index (χ4n) is 1.57. The highest BCUT2D eigenvalue weighted by Gasteiger charge is 2.02. The zero-order valence-electron chi connectivity index (χ0n) is 9.92. The van der Waals surface area contributed by atoms with Crippen LogP contribution in [-0.4, -0.2) is 13.7 Å². The molecule has 1 N–H and O–H groups in total. The molecule has 0 saturated heterocycles. The van der Waals surface area contributed by atoms with Crippen LogP contribution in [0.4, 0.5) is 5.69 Å². The third-order valence-corrected chi connectivity index (χ3v) is 2.82. The van der Waals surface area contributed by atoms with E-state index in [4.69, 9.17) is 4.74 Å². The summed E-state index contributed by atoms with van der Waals surface area (Å²) in [6.45, 7) is 5.52. The van der Waals surface area contributed by atoms with E-state index < -0.39 is 0 Å². The van der Waals surface area contributed by atoms with Gasteiger partial charge in [0.05, 0.1) is 7.11 Å². The molecule has 2 heteroatoms. The van der Waals surface area contributed by atoms with Crippen molar-refractivity contribution in [3.8, 4) is 5.75 Å². The smallest absolute Gasteiger partial charge is 0.120 e. The van der Waals surface area contributed by atoms with Crippen molar-refractivity contribution in [3.63, 3.8) is 0 Å². The predicted molar refractivity (Wildman–Crippen MR) is 65.6 cm³/mol. The largest absolute Gasteiger partial charge is 0.497 e. The van der Waals surface area contributed by atoms with Crippen LogP contribution in [0.3, 0.4) is 0 Å². The fourth-order valence-corrected chi connectivity index (χ4v) is 1.57. The maximum absolute atomic E-state index is 5.17. The lowest BCUT2D eigenvalue weighted by Gasteiger charge is -2.14. The summed E-state index contributed by atoms with van der Waals surface area (Å²) in [5, 5.41) is 3.44. The second-order valence-electron chi connectivity index (χ2n) is 3.80. The highest BCUT2D eigenvalue weighted by atomic mass is 16.5. The van der Waals surface area contributed by atoms with E-state index in [0.717, 1.165) is 23.9 Å². The van der Waals surface area contributed by atoms with Crippen molar-refractivity contribution in [2.75, 3.05) is 19.0 Å². The molecule has 0 aliphatic carbocycles. The summed E-state index contributed by atoms with van der Waals surface area (Å²) in [5.41, 5.74) is 1.14. The van der Waals surface area contributed by atoms with Gasteiger partial charge in [-0.1, -0.05) is 32.8 Å². The van der Waals surface area contributed by atoms with Crippen LogP contribution in [0.2, 0.25) is 0 Å². The number of benzene rings is 1. The van der Waals surface area contributed by atoms with Gasteiger partial charge in [-0.15, -0.1) is 0 Å². The van der Waals surface area contributed by atoms with Crippen molar-refractivity contribution in [1.29, 1.82) is 0 Å². The van der Waals surface area contributed by atoms with Gasteiger partial charge in [0.1, 0.15) is 5.75 Å². The summed E-state index contributed by atoms with van der Waals surface area (Å²) in [7, 11) is 1.69. The minimum atomic E-state index is 0.760. The molecule has 1 aromatic carbocycles. The lowest BCUT2D eigenvalue weighted by molar-refractivity contribution is 0.415. The van der Waals surface area contributed by atoms with E-state index in [-0.39, 0.29) is 0 Å². The van der Waals surface area contributed by atoms with Gasteiger partial charge in [-0.2, -0.15) is 0 Å². The number of methoxy groups -OCH3 is 1. The van der Waals surface area contributed by atoms with E-state index in [0.29, 0.717) is 0 Å². The topological polar surface area (TPSA) is 21.3 Å². The Morgan fingerprint density at radius 3 is 2.60 bits per heavy atom. The van der Waals surface area contributed by atoms with E-state index in [1.165, 1.54) is 12.8 Å². The van der Waals surface area contributed by atoms with E-state index in [1.54, 1.807) is 7.11 Å². The Bertz CT molecular complexity index is 282. The molecule has 0 aliphatic heterocycles. The van der Waals surface area contributed by atoms with Crippen LogP contribution in [0.25, 0.3) is 0 Å². The van der Waals surface area contributed by atoms with Gasteiger partial charge in [-0.05, 0) is 18.1 Å². The van der Waals surface area contributed by atoms with Crippen LogP contribution in [-0.2, 0) is 0 Å². The third-order valence-electron chi connectivity index (χ3n) is 2.82. The standard InChI is InChI=1S/C13H21NO/c1-4-11(5-2)10-14-12-7-6-8-13(9-12)15-3/h6-9,11,14H,4-5,10H2,1-3H3. The predicted octanol–water partition coefficient (Wildman–Crippen LogP) is 3.54. The maximum Gasteiger partial charge on any atom is 0.120 e. The van der Waals surface area contributed by atoms with Crippen molar-refractivity contribution in [3.05, 3.63) is 24.3 Å². The summed E-state index contributed by atoms with van der Waals surface area (Å²) in [6, 6.07) is 8.07. The molecule has 0 amide bonds. The number of hydrogen-bond acceptors (Lipinski definition) is 2. The maximum atomic E-state index is 5.17. The zero-order chi connectivity index (χ0) is 11.1. The Kier molecular flexibility index (Phi) is 5.02. The minimum absolute atomic E-state index is 0.760. The average molecular weight is 207 g/mol. The Hall–Kier alpha value is -1.18. The monoisotopic (exact) mass is 207 g/mol. The SMILES string of the molecule is CCC(CC)CNc1cccc(OC)c1. The Labute approximate surface area is 92.6 Å². The first kappa shape index (κ1) is 11.9. The Morgan fingerprint density at radius 2 is 2.00 bits per heavy atom. The molecule has 2 nitrogen and oxygen atoms in total. The fraction of sp³-hybridized carbons (Fsp3) is 0.538. The van der Waals surface area contributed by atoms with Gasteiger partial charge >= 0.3 is 0 Å². The highest BCUT2D eigenvalue weighted by molar-refractivity contribution is 5.48. The molecule has 0 heterocycles. The molecule has 0 aliphatic rings. The summed E-state index contributed by atoms with van der Waals surface area (Å²) >= 11 is 0. The van der Waals surface area contributed by atoms with Crippen LogP contribution >= 0.6 is 0 Å². The second-order valence-corrected chi connectivity index (χ2v) is 3.80. The molecule has 0 saturated carbocycles. The highest BCUT2D eigenvalue weighted by Crippen LogP contribution is 2.17. The molecule has 0 radical (unpaired) electrons. The van der Waals surface area contributed by atoms with E-state index in [2.05, 4.69) is 25.2 Å². The first-order valence-corrected chi connectivity index (χ1v) is 5.68. The normalized spacial score (nSPS) is 10.4. The van der Waals surface area contributed by atoms with Crippen LogP contribution in [0, 0.1) is 5.92 Å². The molecule has 0 fully saturated rings.